The highest BCUT2D eigenvalue weighted by Crippen LogP contribution is 2.25. The van der Waals surface area contributed by atoms with Crippen LogP contribution in [0.25, 0.3) is 0 Å². The van der Waals surface area contributed by atoms with Crippen LogP contribution in [0.2, 0.25) is 0 Å². The van der Waals surface area contributed by atoms with E-state index in [9.17, 15) is 19.5 Å². The van der Waals surface area contributed by atoms with E-state index in [0.717, 1.165) is 13.1 Å². The van der Waals surface area contributed by atoms with Gasteiger partial charge in [-0.05, 0) is 50.5 Å². The second-order valence-corrected chi connectivity index (χ2v) is 8.72. The van der Waals surface area contributed by atoms with Crippen LogP contribution < -0.4 is 5.32 Å². The molecule has 1 unspecified atom stereocenters. The van der Waals surface area contributed by atoms with Crippen molar-refractivity contribution < 1.29 is 19.5 Å². The Kier molecular flexibility index (Phi) is 8.22. The summed E-state index contributed by atoms with van der Waals surface area (Å²) in [6.45, 7) is 9.19. The fraction of sp³-hybridized carbons (Fsp3) is 0.423. The molecule has 1 heterocycles. The highest BCUT2D eigenvalue weighted by molar-refractivity contribution is 5.96. The van der Waals surface area contributed by atoms with Crippen molar-refractivity contribution in [2.24, 2.45) is 0 Å². The zero-order valence-corrected chi connectivity index (χ0v) is 19.6. The molecule has 0 spiro atoms. The molecule has 2 aromatic carbocycles. The number of carbonyl (C=O) groups excluding carboxylic acids is 2. The van der Waals surface area contributed by atoms with Gasteiger partial charge in [-0.3, -0.25) is 14.5 Å². The molecule has 2 N–H and O–H groups in total. The molecule has 176 valence electrons. The van der Waals surface area contributed by atoms with Crippen molar-refractivity contribution in [2.45, 2.75) is 45.7 Å². The molecule has 0 bridgehead atoms. The van der Waals surface area contributed by atoms with Gasteiger partial charge in [0.05, 0.1) is 0 Å². The lowest BCUT2D eigenvalue weighted by atomic mass is 9.98. The molecule has 2 amide bonds. The summed E-state index contributed by atoms with van der Waals surface area (Å²) < 4.78 is 0. The number of aliphatic carboxylic acids is 1. The minimum atomic E-state index is -1.14. The monoisotopic (exact) mass is 451 g/mol. The standard InChI is InChI=1S/C26H33N3O4/c1-18-9-10-22(19(2)17-18)20(3)28-13-15-29(16-14-28)24(30)12-11-23(26(32)33)27-25(31)21-7-5-4-6-8-21/h4-10,17,20,23H,11-16H2,1-3H3,(H,27,31)(H,32,33)/t20?,23-/m0/s1. The third kappa shape index (κ3) is 6.42. The van der Waals surface area contributed by atoms with E-state index in [2.05, 4.69) is 49.2 Å². The Morgan fingerprint density at radius 1 is 1.00 bits per heavy atom. The van der Waals surface area contributed by atoms with Gasteiger partial charge in [0.1, 0.15) is 6.04 Å². The summed E-state index contributed by atoms with van der Waals surface area (Å²) in [7, 11) is 0. The summed E-state index contributed by atoms with van der Waals surface area (Å²) in [6.07, 6.45) is 0.143. The molecule has 33 heavy (non-hydrogen) atoms. The number of amides is 2. The van der Waals surface area contributed by atoms with Crippen LogP contribution in [0.5, 0.6) is 0 Å². The van der Waals surface area contributed by atoms with Gasteiger partial charge < -0.3 is 15.3 Å². The summed E-state index contributed by atoms with van der Waals surface area (Å²) in [4.78, 5) is 40.8. The molecule has 1 saturated heterocycles. The number of nitrogens with one attached hydrogen (secondary N) is 1. The van der Waals surface area contributed by atoms with Crippen LogP contribution in [0.3, 0.4) is 0 Å². The summed E-state index contributed by atoms with van der Waals surface area (Å²) >= 11 is 0. The molecule has 0 aromatic heterocycles. The first-order chi connectivity index (χ1) is 15.8. The van der Waals surface area contributed by atoms with E-state index in [-0.39, 0.29) is 24.8 Å². The second kappa shape index (κ2) is 11.1. The number of aryl methyl sites for hydroxylation is 2. The van der Waals surface area contributed by atoms with Crippen molar-refractivity contribution in [3.05, 3.63) is 70.8 Å². The van der Waals surface area contributed by atoms with Gasteiger partial charge in [-0.2, -0.15) is 0 Å². The van der Waals surface area contributed by atoms with Gasteiger partial charge >= 0.3 is 5.97 Å². The van der Waals surface area contributed by atoms with Gasteiger partial charge in [0.25, 0.3) is 5.91 Å². The van der Waals surface area contributed by atoms with Crippen LogP contribution >= 0.6 is 0 Å². The predicted octanol–water partition coefficient (Wildman–Crippen LogP) is 3.17. The number of hydrogen-bond donors (Lipinski definition) is 2. The fourth-order valence-electron chi connectivity index (χ4n) is 4.36. The van der Waals surface area contributed by atoms with Crippen molar-refractivity contribution in [3.8, 4) is 0 Å². The molecular formula is C26H33N3O4. The molecule has 1 aliphatic heterocycles. The third-order valence-electron chi connectivity index (χ3n) is 6.38. The highest BCUT2D eigenvalue weighted by Gasteiger charge is 2.27. The highest BCUT2D eigenvalue weighted by atomic mass is 16.4. The quantitative estimate of drug-likeness (QED) is 0.644. The van der Waals surface area contributed by atoms with Gasteiger partial charge in [0.15, 0.2) is 0 Å². The van der Waals surface area contributed by atoms with Gasteiger partial charge in [-0.1, -0.05) is 42.0 Å². The van der Waals surface area contributed by atoms with E-state index in [0.29, 0.717) is 18.7 Å². The van der Waals surface area contributed by atoms with Crippen molar-refractivity contribution >= 4 is 17.8 Å². The van der Waals surface area contributed by atoms with Crippen LogP contribution in [-0.2, 0) is 9.59 Å². The first kappa shape index (κ1) is 24.5. The minimum Gasteiger partial charge on any atom is -0.480 e. The van der Waals surface area contributed by atoms with E-state index in [1.807, 2.05) is 0 Å². The van der Waals surface area contributed by atoms with Crippen molar-refractivity contribution in [1.29, 1.82) is 0 Å². The number of hydrogen-bond acceptors (Lipinski definition) is 4. The van der Waals surface area contributed by atoms with Gasteiger partial charge in [-0.25, -0.2) is 4.79 Å². The number of piperazine rings is 1. The summed E-state index contributed by atoms with van der Waals surface area (Å²) in [5, 5.41) is 12.0. The predicted molar refractivity (Wildman–Crippen MR) is 127 cm³/mol. The lowest BCUT2D eigenvalue weighted by Crippen LogP contribution is -2.49. The molecule has 0 saturated carbocycles. The molecule has 0 radical (unpaired) electrons. The lowest BCUT2D eigenvalue weighted by molar-refractivity contribution is -0.140. The maximum Gasteiger partial charge on any atom is 0.326 e. The maximum absolute atomic E-state index is 12.7. The topological polar surface area (TPSA) is 90.0 Å². The van der Waals surface area contributed by atoms with E-state index in [1.54, 1.807) is 35.2 Å². The molecule has 2 atom stereocenters. The normalized spacial score (nSPS) is 16.2. The van der Waals surface area contributed by atoms with Crippen LogP contribution in [-0.4, -0.2) is 64.9 Å². The second-order valence-electron chi connectivity index (χ2n) is 8.72. The third-order valence-corrected chi connectivity index (χ3v) is 6.38. The largest absolute Gasteiger partial charge is 0.480 e. The number of carboxylic acid groups (broad SMARTS) is 1. The van der Waals surface area contributed by atoms with E-state index in [4.69, 9.17) is 0 Å². The SMILES string of the molecule is Cc1ccc(C(C)N2CCN(C(=O)CC[C@H](NC(=O)c3ccccc3)C(=O)O)CC2)c(C)c1. The maximum atomic E-state index is 12.7. The Balaban J connectivity index is 1.49. The van der Waals surface area contributed by atoms with Crippen LogP contribution in [0.4, 0.5) is 0 Å². The van der Waals surface area contributed by atoms with Crippen LogP contribution in [0.15, 0.2) is 48.5 Å². The number of benzene rings is 2. The molecule has 2 aromatic rings. The Hall–Kier alpha value is -3.19. The molecular weight excluding hydrogens is 418 g/mol. The Bertz CT molecular complexity index is 984. The van der Waals surface area contributed by atoms with Crippen molar-refractivity contribution in [1.82, 2.24) is 15.1 Å². The summed E-state index contributed by atoms with van der Waals surface area (Å²) in [6, 6.07) is 14.1. The van der Waals surface area contributed by atoms with E-state index in [1.165, 1.54) is 16.7 Å². The van der Waals surface area contributed by atoms with Gasteiger partial charge in [0, 0.05) is 44.2 Å². The summed E-state index contributed by atoms with van der Waals surface area (Å²) in [5.41, 5.74) is 4.22. The molecule has 7 nitrogen and oxygen atoms in total. The van der Waals surface area contributed by atoms with Crippen LogP contribution in [0, 0.1) is 13.8 Å². The minimum absolute atomic E-state index is 0.0614. The smallest absolute Gasteiger partial charge is 0.326 e. The summed E-state index contributed by atoms with van der Waals surface area (Å²) in [5.74, 6) is -1.67. The van der Waals surface area contributed by atoms with Crippen molar-refractivity contribution in [3.63, 3.8) is 0 Å². The molecule has 1 fully saturated rings. The fourth-order valence-corrected chi connectivity index (χ4v) is 4.36. The van der Waals surface area contributed by atoms with Crippen molar-refractivity contribution in [2.75, 3.05) is 26.2 Å². The Morgan fingerprint density at radius 3 is 2.27 bits per heavy atom. The number of rotatable bonds is 8. The molecule has 3 rings (SSSR count). The van der Waals surface area contributed by atoms with Gasteiger partial charge in [0.2, 0.25) is 5.91 Å². The lowest BCUT2D eigenvalue weighted by Gasteiger charge is -2.38. The molecule has 7 heteroatoms. The Morgan fingerprint density at radius 2 is 1.67 bits per heavy atom. The number of carboxylic acids is 1. The van der Waals surface area contributed by atoms with E-state index < -0.39 is 17.9 Å². The van der Waals surface area contributed by atoms with Crippen LogP contribution in [0.1, 0.15) is 52.9 Å². The average molecular weight is 452 g/mol. The average Bonchev–Trinajstić information content (AvgIpc) is 2.81. The first-order valence-electron chi connectivity index (χ1n) is 11.4. The zero-order chi connectivity index (χ0) is 24.0. The Labute approximate surface area is 195 Å². The molecule has 1 aliphatic rings. The number of carbonyl (C=O) groups is 3. The number of nitrogens with zero attached hydrogens (tertiary/aromatic N) is 2. The molecule has 0 aliphatic carbocycles. The van der Waals surface area contributed by atoms with E-state index >= 15 is 0 Å². The zero-order valence-electron chi connectivity index (χ0n) is 19.6. The van der Waals surface area contributed by atoms with Gasteiger partial charge in [-0.15, -0.1) is 0 Å². The first-order valence-corrected chi connectivity index (χ1v) is 11.4.